The van der Waals surface area contributed by atoms with Crippen molar-refractivity contribution < 1.29 is 29.0 Å². The molecule has 3 heterocycles. The Morgan fingerprint density at radius 1 is 0.957 bits per heavy atom. The van der Waals surface area contributed by atoms with Crippen LogP contribution in [0.25, 0.3) is 17.0 Å². The Kier molecular flexibility index (Phi) is 10.1. The quantitative estimate of drug-likeness (QED) is 0.120. The fraction of sp³-hybridized carbons (Fsp3) is 0.314. The number of hydrogen-bond acceptors (Lipinski definition) is 8. The largest absolute Gasteiger partial charge is 0.454 e. The second-order valence-corrected chi connectivity index (χ2v) is 11.5. The maximum absolute atomic E-state index is 13.0. The summed E-state index contributed by atoms with van der Waals surface area (Å²) in [5, 5.41) is 9.91. The topological polar surface area (TPSA) is 120 Å². The van der Waals surface area contributed by atoms with Crippen LogP contribution in [-0.2, 0) is 29.0 Å². The number of fused-ring (bicyclic) bond motifs is 2. The summed E-state index contributed by atoms with van der Waals surface area (Å²) in [6.07, 6.45) is 5.55. The number of amides is 2. The van der Waals surface area contributed by atoms with Gasteiger partial charge in [-0.3, -0.25) is 19.8 Å². The normalized spacial score (nSPS) is 14.8. The van der Waals surface area contributed by atoms with Gasteiger partial charge in [0.1, 0.15) is 6.61 Å². The minimum atomic E-state index is -0.579. The number of nitrogens with one attached hydrogen (secondary N) is 2. The first-order valence-corrected chi connectivity index (χ1v) is 15.5. The van der Waals surface area contributed by atoms with Crippen molar-refractivity contribution in [2.45, 2.75) is 19.5 Å². The van der Waals surface area contributed by atoms with Crippen LogP contribution < -0.4 is 15.0 Å². The van der Waals surface area contributed by atoms with E-state index >= 15 is 0 Å². The number of aromatic nitrogens is 1. The smallest absolute Gasteiger partial charge is 0.409 e. The third-order valence-corrected chi connectivity index (χ3v) is 8.40. The number of benzene rings is 3. The number of hydrogen-bond donors (Lipinski definition) is 3. The first-order chi connectivity index (χ1) is 22.5. The van der Waals surface area contributed by atoms with Gasteiger partial charge >= 0.3 is 6.09 Å². The minimum Gasteiger partial charge on any atom is -0.454 e. The SMILES string of the molecule is O=C(/C=C/c1ccc(CN(CCOC(=O)N2CCN(Cc3ccc4c(c3)OCO4)CC2)CCc2c[nH]c3ccccc23)cc1)NO. The summed E-state index contributed by atoms with van der Waals surface area (Å²) in [5.41, 5.74) is 7.07. The lowest BCUT2D eigenvalue weighted by molar-refractivity contribution is -0.124. The van der Waals surface area contributed by atoms with E-state index in [-0.39, 0.29) is 12.9 Å². The van der Waals surface area contributed by atoms with Crippen molar-refractivity contribution in [3.8, 4) is 11.5 Å². The highest BCUT2D eigenvalue weighted by Crippen LogP contribution is 2.33. The maximum atomic E-state index is 13.0. The van der Waals surface area contributed by atoms with Crippen LogP contribution in [0.15, 0.2) is 79.0 Å². The number of carbonyl (C=O) groups is 2. The Balaban J connectivity index is 1.01. The predicted molar refractivity (Wildman–Crippen MR) is 173 cm³/mol. The number of hydroxylamine groups is 1. The van der Waals surface area contributed by atoms with Crippen molar-refractivity contribution in [2.75, 3.05) is 52.7 Å². The predicted octanol–water partition coefficient (Wildman–Crippen LogP) is 4.41. The molecular weight excluding hydrogens is 586 g/mol. The molecule has 1 aromatic heterocycles. The average molecular weight is 626 g/mol. The zero-order valence-corrected chi connectivity index (χ0v) is 25.7. The van der Waals surface area contributed by atoms with Crippen molar-refractivity contribution in [1.29, 1.82) is 0 Å². The molecule has 46 heavy (non-hydrogen) atoms. The number of H-pyrrole nitrogens is 1. The van der Waals surface area contributed by atoms with Gasteiger partial charge in [-0.05, 0) is 52.9 Å². The highest BCUT2D eigenvalue weighted by atomic mass is 16.7. The monoisotopic (exact) mass is 625 g/mol. The van der Waals surface area contributed by atoms with Gasteiger partial charge in [0.25, 0.3) is 5.91 Å². The lowest BCUT2D eigenvalue weighted by Gasteiger charge is -2.34. The molecule has 0 atom stereocenters. The number of aromatic amines is 1. The molecule has 1 fully saturated rings. The molecule has 11 nitrogen and oxygen atoms in total. The molecule has 0 radical (unpaired) electrons. The molecule has 3 aromatic carbocycles. The van der Waals surface area contributed by atoms with Gasteiger partial charge in [0, 0.05) is 75.5 Å². The standard InChI is InChI=1S/C35H39N5O6/c41-34(37-43)12-10-26-5-7-27(8-6-26)23-38(14-13-29-22-36-31-4-2-1-3-30(29)31)19-20-44-35(42)40-17-15-39(16-18-40)24-28-9-11-32-33(21-28)46-25-45-32/h1-12,21-22,36,43H,13-20,23-25H2,(H,37,41)/b12-10+. The average Bonchev–Trinajstić information content (AvgIpc) is 3.73. The summed E-state index contributed by atoms with van der Waals surface area (Å²) in [6, 6.07) is 22.2. The molecule has 3 N–H and O–H groups in total. The van der Waals surface area contributed by atoms with Crippen molar-refractivity contribution in [2.24, 2.45) is 0 Å². The highest BCUT2D eigenvalue weighted by Gasteiger charge is 2.23. The molecule has 0 saturated carbocycles. The van der Waals surface area contributed by atoms with Crippen LogP contribution in [-0.4, -0.2) is 89.6 Å². The number of carbonyl (C=O) groups excluding carboxylic acids is 2. The fourth-order valence-corrected chi connectivity index (χ4v) is 5.83. The fourth-order valence-electron chi connectivity index (χ4n) is 5.83. The molecule has 0 unspecified atom stereocenters. The number of nitrogens with zero attached hydrogens (tertiary/aromatic N) is 3. The second-order valence-electron chi connectivity index (χ2n) is 11.5. The van der Waals surface area contributed by atoms with Gasteiger partial charge in [-0.2, -0.15) is 0 Å². The van der Waals surface area contributed by atoms with E-state index in [0.29, 0.717) is 32.8 Å². The summed E-state index contributed by atoms with van der Waals surface area (Å²) >= 11 is 0. The van der Waals surface area contributed by atoms with Crippen LogP contribution in [0.3, 0.4) is 0 Å². The van der Waals surface area contributed by atoms with Crippen molar-refractivity contribution in [3.05, 3.63) is 101 Å². The van der Waals surface area contributed by atoms with Crippen molar-refractivity contribution >= 4 is 29.0 Å². The van der Waals surface area contributed by atoms with E-state index in [1.165, 1.54) is 17.0 Å². The van der Waals surface area contributed by atoms with Gasteiger partial charge in [0.05, 0.1) is 0 Å². The first kappa shape index (κ1) is 31.2. The zero-order chi connectivity index (χ0) is 31.7. The number of piperazine rings is 1. The van der Waals surface area contributed by atoms with Crippen LogP contribution in [0.1, 0.15) is 22.3 Å². The van der Waals surface area contributed by atoms with E-state index in [1.807, 2.05) is 48.5 Å². The third kappa shape index (κ3) is 8.05. The Hall–Kier alpha value is -4.84. The van der Waals surface area contributed by atoms with Gasteiger partial charge in [-0.1, -0.05) is 48.5 Å². The van der Waals surface area contributed by atoms with Gasteiger partial charge in [-0.15, -0.1) is 0 Å². The Morgan fingerprint density at radius 3 is 2.57 bits per heavy atom. The molecule has 0 spiro atoms. The summed E-state index contributed by atoms with van der Waals surface area (Å²) in [4.78, 5) is 34.0. The molecule has 2 amide bonds. The van der Waals surface area contributed by atoms with Gasteiger partial charge in [0.2, 0.25) is 6.79 Å². The molecule has 11 heteroatoms. The number of para-hydroxylation sites is 1. The molecule has 2 aliphatic heterocycles. The lowest BCUT2D eigenvalue weighted by Crippen LogP contribution is -2.48. The number of rotatable bonds is 12. The molecule has 4 aromatic rings. The summed E-state index contributed by atoms with van der Waals surface area (Å²) in [7, 11) is 0. The van der Waals surface area contributed by atoms with E-state index in [0.717, 1.165) is 66.3 Å². The van der Waals surface area contributed by atoms with E-state index < -0.39 is 5.91 Å². The van der Waals surface area contributed by atoms with E-state index in [9.17, 15) is 9.59 Å². The summed E-state index contributed by atoms with van der Waals surface area (Å²) < 4.78 is 16.7. The minimum absolute atomic E-state index is 0.265. The van der Waals surface area contributed by atoms with E-state index in [4.69, 9.17) is 19.4 Å². The summed E-state index contributed by atoms with van der Waals surface area (Å²) in [6.45, 7) is 6.20. The van der Waals surface area contributed by atoms with Gasteiger partial charge in [0.15, 0.2) is 11.5 Å². The molecule has 6 rings (SSSR count). The van der Waals surface area contributed by atoms with Crippen molar-refractivity contribution in [3.63, 3.8) is 0 Å². The number of ether oxygens (including phenoxy) is 3. The van der Waals surface area contributed by atoms with Crippen LogP contribution in [0.4, 0.5) is 4.79 Å². The van der Waals surface area contributed by atoms with E-state index in [1.54, 1.807) is 16.5 Å². The first-order valence-electron chi connectivity index (χ1n) is 15.5. The Bertz CT molecular complexity index is 1660. The van der Waals surface area contributed by atoms with Crippen LogP contribution in [0.2, 0.25) is 0 Å². The molecule has 1 saturated heterocycles. The maximum Gasteiger partial charge on any atom is 0.409 e. The van der Waals surface area contributed by atoms with E-state index in [2.05, 4.69) is 39.2 Å². The second kappa shape index (κ2) is 15.0. The van der Waals surface area contributed by atoms with Crippen molar-refractivity contribution in [1.82, 2.24) is 25.2 Å². The van der Waals surface area contributed by atoms with Gasteiger partial charge < -0.3 is 24.1 Å². The highest BCUT2D eigenvalue weighted by molar-refractivity contribution is 5.90. The molecule has 2 aliphatic rings. The van der Waals surface area contributed by atoms with Crippen LogP contribution in [0.5, 0.6) is 11.5 Å². The third-order valence-electron chi connectivity index (χ3n) is 8.40. The van der Waals surface area contributed by atoms with Crippen LogP contribution >= 0.6 is 0 Å². The van der Waals surface area contributed by atoms with Gasteiger partial charge in [-0.25, -0.2) is 10.3 Å². The van der Waals surface area contributed by atoms with Crippen LogP contribution in [0, 0.1) is 0 Å². The molecule has 0 bridgehead atoms. The zero-order valence-electron chi connectivity index (χ0n) is 25.7. The molecular formula is C35H39N5O6. The Morgan fingerprint density at radius 2 is 1.74 bits per heavy atom. The summed E-state index contributed by atoms with van der Waals surface area (Å²) in [5.74, 6) is 0.990. The molecule has 0 aliphatic carbocycles. The molecule has 240 valence electrons. The lowest BCUT2D eigenvalue weighted by atomic mass is 10.1. The Labute approximate surface area is 267 Å².